The number of carbonyl (C=O) groups is 4. The van der Waals surface area contributed by atoms with Crippen LogP contribution in [0.1, 0.15) is 42.1 Å². The lowest BCUT2D eigenvalue weighted by Crippen LogP contribution is -2.56. The van der Waals surface area contributed by atoms with E-state index in [1.165, 1.54) is 18.7 Å². The quantitative estimate of drug-likeness (QED) is 0.650. The highest BCUT2D eigenvalue weighted by Gasteiger charge is 2.48. The number of thioether (sulfide) groups is 1. The Labute approximate surface area is 167 Å². The molecule has 2 heterocycles. The SMILES string of the molecule is CC(NC(=O)C(NC(=O)C1CSC2c3ccccc3C(=O)N12)C(C)C)C(=O)O. The van der Waals surface area contributed by atoms with E-state index in [0.717, 1.165) is 5.56 Å². The molecule has 3 rings (SSSR count). The van der Waals surface area contributed by atoms with Gasteiger partial charge in [-0.2, -0.15) is 0 Å². The number of nitrogens with one attached hydrogen (secondary N) is 2. The summed E-state index contributed by atoms with van der Waals surface area (Å²) < 4.78 is 0. The predicted molar refractivity (Wildman–Crippen MR) is 104 cm³/mol. The zero-order chi connectivity index (χ0) is 20.6. The van der Waals surface area contributed by atoms with Gasteiger partial charge in [0.25, 0.3) is 5.91 Å². The number of fused-ring (bicyclic) bond motifs is 3. The fourth-order valence-electron chi connectivity index (χ4n) is 3.39. The van der Waals surface area contributed by atoms with Gasteiger partial charge in [-0.25, -0.2) is 0 Å². The van der Waals surface area contributed by atoms with Crippen LogP contribution < -0.4 is 10.6 Å². The van der Waals surface area contributed by atoms with Crippen LogP contribution in [0.3, 0.4) is 0 Å². The van der Waals surface area contributed by atoms with E-state index < -0.39 is 35.9 Å². The molecule has 4 unspecified atom stereocenters. The maximum absolute atomic E-state index is 12.9. The van der Waals surface area contributed by atoms with Crippen molar-refractivity contribution in [3.63, 3.8) is 0 Å². The van der Waals surface area contributed by atoms with Crippen molar-refractivity contribution < 1.29 is 24.3 Å². The summed E-state index contributed by atoms with van der Waals surface area (Å²) in [4.78, 5) is 50.7. The van der Waals surface area contributed by atoms with E-state index in [2.05, 4.69) is 10.6 Å². The number of aliphatic carboxylic acids is 1. The third-order valence-corrected chi connectivity index (χ3v) is 6.28. The molecule has 28 heavy (non-hydrogen) atoms. The van der Waals surface area contributed by atoms with Crippen LogP contribution in [-0.4, -0.2) is 57.6 Å². The van der Waals surface area contributed by atoms with Crippen molar-refractivity contribution in [2.75, 3.05) is 5.75 Å². The minimum Gasteiger partial charge on any atom is -0.480 e. The molecule has 0 aromatic heterocycles. The molecule has 150 valence electrons. The third-order valence-electron chi connectivity index (χ3n) is 4.97. The molecule has 0 spiro atoms. The Morgan fingerprint density at radius 1 is 1.18 bits per heavy atom. The number of carboxylic acid groups (broad SMARTS) is 1. The molecule has 8 nitrogen and oxygen atoms in total. The summed E-state index contributed by atoms with van der Waals surface area (Å²) >= 11 is 1.52. The first-order chi connectivity index (χ1) is 13.2. The van der Waals surface area contributed by atoms with Crippen molar-refractivity contribution in [3.8, 4) is 0 Å². The van der Waals surface area contributed by atoms with Gasteiger partial charge in [-0.1, -0.05) is 32.0 Å². The van der Waals surface area contributed by atoms with Crippen molar-refractivity contribution in [2.45, 2.75) is 44.3 Å². The van der Waals surface area contributed by atoms with Crippen LogP contribution in [-0.2, 0) is 14.4 Å². The number of nitrogens with zero attached hydrogens (tertiary/aromatic N) is 1. The van der Waals surface area contributed by atoms with Gasteiger partial charge in [0.15, 0.2) is 0 Å². The van der Waals surface area contributed by atoms with Crippen LogP contribution in [0.25, 0.3) is 0 Å². The molecule has 1 aromatic rings. The largest absolute Gasteiger partial charge is 0.480 e. The molecule has 1 fully saturated rings. The van der Waals surface area contributed by atoms with Crippen molar-refractivity contribution in [3.05, 3.63) is 35.4 Å². The minimum atomic E-state index is -1.15. The maximum Gasteiger partial charge on any atom is 0.325 e. The van der Waals surface area contributed by atoms with Gasteiger partial charge >= 0.3 is 5.97 Å². The van der Waals surface area contributed by atoms with Crippen LogP contribution in [0.4, 0.5) is 0 Å². The van der Waals surface area contributed by atoms with Gasteiger partial charge < -0.3 is 20.6 Å². The smallest absolute Gasteiger partial charge is 0.325 e. The number of hydrogen-bond acceptors (Lipinski definition) is 5. The van der Waals surface area contributed by atoms with Gasteiger partial charge in [0.1, 0.15) is 23.5 Å². The lowest BCUT2D eigenvalue weighted by molar-refractivity contribution is -0.142. The summed E-state index contributed by atoms with van der Waals surface area (Å²) in [6, 6.07) is 4.67. The van der Waals surface area contributed by atoms with Crippen molar-refractivity contribution in [2.24, 2.45) is 5.92 Å². The van der Waals surface area contributed by atoms with Gasteiger partial charge in [0.2, 0.25) is 11.8 Å². The third kappa shape index (κ3) is 3.58. The zero-order valence-corrected chi connectivity index (χ0v) is 16.7. The molecule has 0 saturated carbocycles. The number of carbonyl (C=O) groups excluding carboxylic acids is 3. The zero-order valence-electron chi connectivity index (χ0n) is 15.8. The molecule has 2 aliphatic rings. The van der Waals surface area contributed by atoms with Gasteiger partial charge in [-0.05, 0) is 24.5 Å². The molecule has 0 bridgehead atoms. The Morgan fingerprint density at radius 3 is 2.50 bits per heavy atom. The molecule has 2 aliphatic heterocycles. The Morgan fingerprint density at radius 2 is 1.86 bits per heavy atom. The molecular weight excluding hydrogens is 382 g/mol. The van der Waals surface area contributed by atoms with Gasteiger partial charge in [0, 0.05) is 11.3 Å². The number of carboxylic acids is 1. The molecule has 4 atom stereocenters. The van der Waals surface area contributed by atoms with E-state index >= 15 is 0 Å². The predicted octanol–water partition coefficient (Wildman–Crippen LogP) is 0.986. The molecule has 1 saturated heterocycles. The van der Waals surface area contributed by atoms with E-state index in [0.29, 0.717) is 11.3 Å². The van der Waals surface area contributed by atoms with E-state index in [1.54, 1.807) is 30.9 Å². The number of rotatable bonds is 6. The Balaban J connectivity index is 1.72. The number of hydrogen-bond donors (Lipinski definition) is 3. The summed E-state index contributed by atoms with van der Waals surface area (Å²) in [5.41, 5.74) is 1.51. The van der Waals surface area contributed by atoms with Gasteiger partial charge in [0.05, 0.1) is 0 Å². The fraction of sp³-hybridized carbons (Fsp3) is 0.474. The second-order valence-electron chi connectivity index (χ2n) is 7.30. The summed E-state index contributed by atoms with van der Waals surface area (Å²) in [6.45, 7) is 4.88. The highest BCUT2D eigenvalue weighted by molar-refractivity contribution is 7.99. The van der Waals surface area contributed by atoms with Crippen LogP contribution in [0.5, 0.6) is 0 Å². The molecule has 3 amide bonds. The highest BCUT2D eigenvalue weighted by Crippen LogP contribution is 2.48. The average molecular weight is 405 g/mol. The van der Waals surface area contributed by atoms with Crippen LogP contribution >= 0.6 is 11.8 Å². The summed E-state index contributed by atoms with van der Waals surface area (Å²) in [5, 5.41) is 13.9. The maximum atomic E-state index is 12.9. The second kappa shape index (κ2) is 7.83. The van der Waals surface area contributed by atoms with Crippen LogP contribution in [0.2, 0.25) is 0 Å². The Hall–Kier alpha value is -2.55. The highest BCUT2D eigenvalue weighted by atomic mass is 32.2. The lowest BCUT2D eigenvalue weighted by Gasteiger charge is -2.27. The molecule has 3 N–H and O–H groups in total. The van der Waals surface area contributed by atoms with E-state index in [1.807, 2.05) is 12.1 Å². The summed E-state index contributed by atoms with van der Waals surface area (Å²) in [7, 11) is 0. The summed E-state index contributed by atoms with van der Waals surface area (Å²) in [6.07, 6.45) is 0. The van der Waals surface area contributed by atoms with E-state index in [9.17, 15) is 19.2 Å². The average Bonchev–Trinajstić information content (AvgIpc) is 3.19. The molecule has 1 aromatic carbocycles. The first-order valence-corrected chi connectivity index (χ1v) is 10.1. The van der Waals surface area contributed by atoms with Crippen molar-refractivity contribution >= 4 is 35.5 Å². The number of benzene rings is 1. The van der Waals surface area contributed by atoms with Crippen LogP contribution in [0.15, 0.2) is 24.3 Å². The lowest BCUT2D eigenvalue weighted by atomic mass is 10.0. The first kappa shape index (κ1) is 20.2. The van der Waals surface area contributed by atoms with Crippen molar-refractivity contribution in [1.29, 1.82) is 0 Å². The Bertz CT molecular complexity index is 828. The fourth-order valence-corrected chi connectivity index (χ4v) is 4.86. The Kier molecular flexibility index (Phi) is 5.64. The molecular formula is C19H23N3O5S. The number of amides is 3. The van der Waals surface area contributed by atoms with Crippen molar-refractivity contribution in [1.82, 2.24) is 15.5 Å². The topological polar surface area (TPSA) is 116 Å². The van der Waals surface area contributed by atoms with E-state index in [4.69, 9.17) is 5.11 Å². The monoisotopic (exact) mass is 405 g/mol. The first-order valence-electron chi connectivity index (χ1n) is 9.09. The molecule has 9 heteroatoms. The van der Waals surface area contributed by atoms with Gasteiger partial charge in [-0.15, -0.1) is 11.8 Å². The normalized spacial score (nSPS) is 22.4. The molecule has 0 aliphatic carbocycles. The van der Waals surface area contributed by atoms with Crippen LogP contribution in [0, 0.1) is 5.92 Å². The standard InChI is InChI=1S/C19H23N3O5S/c1-9(2)14(16(24)20-10(3)19(26)27)21-15(23)13-8-28-18-12-7-5-4-6-11(12)17(25)22(13)18/h4-7,9-10,13-14,18H,8H2,1-3H3,(H,20,24)(H,21,23)(H,26,27). The second-order valence-corrected chi connectivity index (χ2v) is 8.41. The summed E-state index contributed by atoms with van der Waals surface area (Å²) in [5.74, 6) is -2.12. The van der Waals surface area contributed by atoms with E-state index in [-0.39, 0.29) is 17.2 Å². The molecule has 0 radical (unpaired) electrons. The van der Waals surface area contributed by atoms with Gasteiger partial charge in [-0.3, -0.25) is 19.2 Å². The minimum absolute atomic E-state index is 0.184.